The quantitative estimate of drug-likeness (QED) is 0.578. The van der Waals surface area contributed by atoms with E-state index in [2.05, 4.69) is 15.5 Å². The molecule has 0 aliphatic rings. The number of nitrogen functional groups attached to an aromatic ring is 1. The van der Waals surface area contributed by atoms with Crippen molar-refractivity contribution in [3.8, 4) is 0 Å². The van der Waals surface area contributed by atoms with Crippen LogP contribution in [0.1, 0.15) is 23.8 Å². The topological polar surface area (TPSA) is 121 Å². The number of aromatic nitrogens is 2. The van der Waals surface area contributed by atoms with Crippen molar-refractivity contribution in [2.75, 3.05) is 31.6 Å². The van der Waals surface area contributed by atoms with Gasteiger partial charge in [-0.1, -0.05) is 6.92 Å². The lowest BCUT2D eigenvalue weighted by atomic mass is 10.3. The molecule has 0 aliphatic carbocycles. The molecule has 1 rings (SSSR count). The monoisotopic (exact) mass is 289 g/mol. The van der Waals surface area contributed by atoms with Crippen molar-refractivity contribution < 1.29 is 13.2 Å². The maximum Gasteiger partial charge on any atom is 0.269 e. The maximum atomic E-state index is 11.6. The fourth-order valence-corrected chi connectivity index (χ4v) is 2.49. The van der Waals surface area contributed by atoms with E-state index in [1.54, 1.807) is 6.92 Å². The van der Waals surface area contributed by atoms with E-state index in [4.69, 9.17) is 5.73 Å². The molecule has 108 valence electrons. The van der Waals surface area contributed by atoms with Gasteiger partial charge in [-0.2, -0.15) is 5.10 Å². The average molecular weight is 289 g/mol. The molecule has 9 heteroatoms. The van der Waals surface area contributed by atoms with Crippen LogP contribution in [0.15, 0.2) is 6.07 Å². The molecule has 0 aromatic carbocycles. The second kappa shape index (κ2) is 6.53. The van der Waals surface area contributed by atoms with Gasteiger partial charge in [0.25, 0.3) is 5.91 Å². The third-order valence-corrected chi connectivity index (χ3v) is 3.91. The summed E-state index contributed by atoms with van der Waals surface area (Å²) in [7, 11) is -3.18. The summed E-state index contributed by atoms with van der Waals surface area (Å²) in [4.78, 5) is 11.6. The first-order valence-corrected chi connectivity index (χ1v) is 7.73. The Morgan fingerprint density at radius 1 is 1.58 bits per heavy atom. The molecular formula is C10H19N5O3S. The van der Waals surface area contributed by atoms with Crippen LogP contribution < -0.4 is 11.1 Å². The van der Waals surface area contributed by atoms with Gasteiger partial charge in [0, 0.05) is 25.7 Å². The van der Waals surface area contributed by atoms with E-state index in [0.29, 0.717) is 26.1 Å². The van der Waals surface area contributed by atoms with E-state index in [-0.39, 0.29) is 17.4 Å². The van der Waals surface area contributed by atoms with E-state index >= 15 is 0 Å². The third kappa shape index (κ3) is 4.87. The van der Waals surface area contributed by atoms with Crippen LogP contribution in [0.3, 0.4) is 0 Å². The maximum absolute atomic E-state index is 11.6. The van der Waals surface area contributed by atoms with Gasteiger partial charge in [0.05, 0.1) is 6.26 Å². The van der Waals surface area contributed by atoms with Crippen LogP contribution >= 0.6 is 0 Å². The SMILES string of the molecule is CCN(CCCNC(=O)c1cc(N)n[nH]1)S(C)(=O)=O. The van der Waals surface area contributed by atoms with Crippen molar-refractivity contribution >= 4 is 21.7 Å². The van der Waals surface area contributed by atoms with Gasteiger partial charge >= 0.3 is 0 Å². The standard InChI is InChI=1S/C10H19N5O3S/c1-3-15(19(2,17)18)6-4-5-12-10(16)8-7-9(11)14-13-8/h7H,3-6H2,1-2H3,(H,12,16)(H3,11,13,14). The smallest absolute Gasteiger partial charge is 0.269 e. The number of hydrogen-bond acceptors (Lipinski definition) is 5. The minimum absolute atomic E-state index is 0.249. The van der Waals surface area contributed by atoms with Crippen LogP contribution in [0.5, 0.6) is 0 Å². The van der Waals surface area contributed by atoms with Gasteiger partial charge in [0.1, 0.15) is 11.5 Å². The summed E-state index contributed by atoms with van der Waals surface area (Å²) in [6.45, 7) is 2.95. The number of carbonyl (C=O) groups is 1. The molecule has 1 aromatic heterocycles. The highest BCUT2D eigenvalue weighted by atomic mass is 32.2. The number of rotatable bonds is 7. The van der Waals surface area contributed by atoms with Crippen LogP contribution in [-0.4, -0.2) is 54.7 Å². The Labute approximate surface area is 112 Å². The fourth-order valence-electron chi connectivity index (χ4n) is 1.56. The van der Waals surface area contributed by atoms with Crippen LogP contribution in [-0.2, 0) is 10.0 Å². The number of nitrogens with zero attached hydrogens (tertiary/aromatic N) is 2. The van der Waals surface area contributed by atoms with Crippen molar-refractivity contribution in [1.82, 2.24) is 19.8 Å². The van der Waals surface area contributed by atoms with Crippen molar-refractivity contribution in [3.63, 3.8) is 0 Å². The van der Waals surface area contributed by atoms with Gasteiger partial charge in [0.2, 0.25) is 10.0 Å². The molecule has 8 nitrogen and oxygen atoms in total. The minimum Gasteiger partial charge on any atom is -0.382 e. The molecule has 0 fully saturated rings. The number of amides is 1. The average Bonchev–Trinajstić information content (AvgIpc) is 2.74. The largest absolute Gasteiger partial charge is 0.382 e. The first kappa shape index (κ1) is 15.4. The van der Waals surface area contributed by atoms with E-state index in [9.17, 15) is 13.2 Å². The number of aromatic amines is 1. The molecule has 0 saturated carbocycles. The van der Waals surface area contributed by atoms with E-state index in [0.717, 1.165) is 0 Å². The summed E-state index contributed by atoms with van der Waals surface area (Å²) < 4.78 is 24.0. The number of sulfonamides is 1. The molecule has 0 radical (unpaired) electrons. The summed E-state index contributed by atoms with van der Waals surface area (Å²) in [5.41, 5.74) is 5.67. The summed E-state index contributed by atoms with van der Waals surface area (Å²) in [6.07, 6.45) is 1.71. The Kier molecular flexibility index (Phi) is 5.31. The molecule has 0 unspecified atom stereocenters. The second-order valence-electron chi connectivity index (χ2n) is 4.07. The fraction of sp³-hybridized carbons (Fsp3) is 0.600. The zero-order valence-electron chi connectivity index (χ0n) is 11.0. The lowest BCUT2D eigenvalue weighted by Crippen LogP contribution is -2.33. The molecule has 0 spiro atoms. The first-order chi connectivity index (χ1) is 8.84. The van der Waals surface area contributed by atoms with Crippen molar-refractivity contribution in [3.05, 3.63) is 11.8 Å². The van der Waals surface area contributed by atoms with E-state index < -0.39 is 10.0 Å². The Morgan fingerprint density at radius 3 is 2.74 bits per heavy atom. The van der Waals surface area contributed by atoms with Crippen LogP contribution in [0.25, 0.3) is 0 Å². The number of hydrogen-bond donors (Lipinski definition) is 3. The van der Waals surface area contributed by atoms with Gasteiger partial charge in [-0.3, -0.25) is 9.89 Å². The lowest BCUT2D eigenvalue weighted by Gasteiger charge is -2.17. The van der Waals surface area contributed by atoms with Crippen LogP contribution in [0.4, 0.5) is 5.82 Å². The predicted molar refractivity (Wildman–Crippen MR) is 72.0 cm³/mol. The first-order valence-electron chi connectivity index (χ1n) is 5.88. The summed E-state index contributed by atoms with van der Waals surface area (Å²) in [6, 6.07) is 1.43. The summed E-state index contributed by atoms with van der Waals surface area (Å²) in [5, 5.41) is 8.80. The van der Waals surface area contributed by atoms with Crippen LogP contribution in [0.2, 0.25) is 0 Å². The van der Waals surface area contributed by atoms with E-state index in [1.807, 2.05) is 0 Å². The van der Waals surface area contributed by atoms with Crippen molar-refractivity contribution in [1.29, 1.82) is 0 Å². The number of nitrogens with two attached hydrogens (primary N) is 1. The highest BCUT2D eigenvalue weighted by molar-refractivity contribution is 7.88. The molecule has 0 bridgehead atoms. The normalized spacial score (nSPS) is 11.7. The number of anilines is 1. The van der Waals surface area contributed by atoms with Crippen molar-refractivity contribution in [2.24, 2.45) is 0 Å². The Bertz CT molecular complexity index is 525. The predicted octanol–water partition coefficient (Wildman–Crippen LogP) is -0.607. The molecule has 1 amide bonds. The van der Waals surface area contributed by atoms with Gasteiger partial charge in [-0.15, -0.1) is 0 Å². The summed E-state index contributed by atoms with van der Waals surface area (Å²) in [5.74, 6) is -0.0639. The number of H-pyrrole nitrogens is 1. The molecule has 19 heavy (non-hydrogen) atoms. The Balaban J connectivity index is 2.33. The van der Waals surface area contributed by atoms with Crippen LogP contribution in [0, 0.1) is 0 Å². The number of nitrogens with one attached hydrogen (secondary N) is 2. The van der Waals surface area contributed by atoms with Gasteiger partial charge in [-0.05, 0) is 6.42 Å². The lowest BCUT2D eigenvalue weighted by molar-refractivity contribution is 0.0948. The minimum atomic E-state index is -3.18. The molecule has 0 atom stereocenters. The summed E-state index contributed by atoms with van der Waals surface area (Å²) >= 11 is 0. The highest BCUT2D eigenvalue weighted by Gasteiger charge is 2.14. The molecule has 1 heterocycles. The zero-order valence-corrected chi connectivity index (χ0v) is 11.8. The third-order valence-electron chi connectivity index (χ3n) is 2.53. The van der Waals surface area contributed by atoms with Gasteiger partial charge < -0.3 is 11.1 Å². The van der Waals surface area contributed by atoms with Gasteiger partial charge in [-0.25, -0.2) is 12.7 Å². The van der Waals surface area contributed by atoms with Gasteiger partial charge in [0.15, 0.2) is 0 Å². The highest BCUT2D eigenvalue weighted by Crippen LogP contribution is 2.01. The molecule has 1 aromatic rings. The number of carbonyl (C=O) groups excluding carboxylic acids is 1. The molecule has 4 N–H and O–H groups in total. The Morgan fingerprint density at radius 2 is 2.26 bits per heavy atom. The molecule has 0 saturated heterocycles. The van der Waals surface area contributed by atoms with E-state index in [1.165, 1.54) is 16.6 Å². The molecular weight excluding hydrogens is 270 g/mol. The Hall–Kier alpha value is -1.61. The molecule has 0 aliphatic heterocycles. The van der Waals surface area contributed by atoms with Crippen molar-refractivity contribution in [2.45, 2.75) is 13.3 Å². The second-order valence-corrected chi connectivity index (χ2v) is 6.05. The zero-order chi connectivity index (χ0) is 14.5.